The Kier molecular flexibility index (Phi) is 7.60. The van der Waals surface area contributed by atoms with Crippen LogP contribution in [0.25, 0.3) is 0 Å². The van der Waals surface area contributed by atoms with Crippen molar-refractivity contribution in [3.8, 4) is 5.75 Å². The summed E-state index contributed by atoms with van der Waals surface area (Å²) in [6.45, 7) is 3.74. The molecule has 0 aromatic heterocycles. The number of amides is 2. The lowest BCUT2D eigenvalue weighted by atomic mass is 10.1. The Morgan fingerprint density at radius 2 is 1.72 bits per heavy atom. The van der Waals surface area contributed by atoms with Crippen LogP contribution in [0.15, 0.2) is 48.5 Å². The summed E-state index contributed by atoms with van der Waals surface area (Å²) in [6, 6.07) is 13.1. The number of hydrogen-bond donors (Lipinski definition) is 3. The minimum absolute atomic E-state index is 0.231. The van der Waals surface area contributed by atoms with Crippen molar-refractivity contribution in [3.63, 3.8) is 0 Å². The van der Waals surface area contributed by atoms with Crippen LogP contribution in [0, 0.1) is 0 Å². The number of anilines is 1. The third kappa shape index (κ3) is 6.79. The van der Waals surface area contributed by atoms with E-state index in [0.717, 1.165) is 6.26 Å². The van der Waals surface area contributed by atoms with Gasteiger partial charge in [-0.05, 0) is 37.6 Å². The third-order valence-corrected chi connectivity index (χ3v) is 4.53. The van der Waals surface area contributed by atoms with Crippen molar-refractivity contribution < 1.29 is 22.7 Å². The second-order valence-electron chi connectivity index (χ2n) is 6.36. The summed E-state index contributed by atoms with van der Waals surface area (Å²) >= 11 is 0. The van der Waals surface area contributed by atoms with E-state index in [-0.39, 0.29) is 6.54 Å². The van der Waals surface area contributed by atoms with E-state index < -0.39 is 27.9 Å². The third-order valence-electron chi connectivity index (χ3n) is 3.94. The number of nitrogens with one attached hydrogen (secondary N) is 3. The maximum atomic E-state index is 12.4. The molecule has 0 aliphatic heterocycles. The lowest BCUT2D eigenvalue weighted by Crippen LogP contribution is -2.38. The van der Waals surface area contributed by atoms with Crippen molar-refractivity contribution in [2.75, 3.05) is 24.1 Å². The van der Waals surface area contributed by atoms with Crippen molar-refractivity contribution >= 4 is 27.5 Å². The molecule has 9 heteroatoms. The van der Waals surface area contributed by atoms with Crippen LogP contribution in [0.2, 0.25) is 0 Å². The summed E-state index contributed by atoms with van der Waals surface area (Å²) in [5, 5.41) is 5.31. The molecule has 0 bridgehead atoms. The maximum Gasteiger partial charge on any atom is 0.255 e. The van der Waals surface area contributed by atoms with Crippen LogP contribution < -0.4 is 20.1 Å². The zero-order valence-corrected chi connectivity index (χ0v) is 17.4. The van der Waals surface area contributed by atoms with Gasteiger partial charge in [-0.2, -0.15) is 0 Å². The first-order chi connectivity index (χ1) is 13.7. The molecule has 0 heterocycles. The fourth-order valence-corrected chi connectivity index (χ4v) is 3.31. The molecule has 2 aromatic rings. The van der Waals surface area contributed by atoms with Gasteiger partial charge in [0, 0.05) is 0 Å². The van der Waals surface area contributed by atoms with Crippen LogP contribution in [0.3, 0.4) is 0 Å². The van der Waals surface area contributed by atoms with Gasteiger partial charge in [0.05, 0.1) is 36.7 Å². The summed E-state index contributed by atoms with van der Waals surface area (Å²) in [4.78, 5) is 24.6. The summed E-state index contributed by atoms with van der Waals surface area (Å²) < 4.78 is 30.9. The van der Waals surface area contributed by atoms with Crippen molar-refractivity contribution in [1.82, 2.24) is 10.6 Å². The van der Waals surface area contributed by atoms with Crippen LogP contribution in [-0.2, 0) is 14.8 Å². The van der Waals surface area contributed by atoms with Crippen LogP contribution in [0.1, 0.15) is 35.8 Å². The van der Waals surface area contributed by atoms with Crippen LogP contribution in [0.5, 0.6) is 5.75 Å². The van der Waals surface area contributed by atoms with E-state index in [1.165, 1.54) is 0 Å². The van der Waals surface area contributed by atoms with Crippen LogP contribution in [-0.4, -0.2) is 39.6 Å². The first-order valence-corrected chi connectivity index (χ1v) is 11.0. The zero-order chi connectivity index (χ0) is 21.4. The Balaban J connectivity index is 1.99. The molecule has 0 spiro atoms. The molecule has 29 heavy (non-hydrogen) atoms. The molecule has 8 nitrogen and oxygen atoms in total. The topological polar surface area (TPSA) is 114 Å². The number of carbonyl (C=O) groups excluding carboxylic acids is 2. The van der Waals surface area contributed by atoms with Gasteiger partial charge in [0.15, 0.2) is 0 Å². The molecule has 2 rings (SSSR count). The van der Waals surface area contributed by atoms with Gasteiger partial charge < -0.3 is 15.4 Å². The van der Waals surface area contributed by atoms with Crippen LogP contribution >= 0.6 is 0 Å². The maximum absolute atomic E-state index is 12.4. The second-order valence-corrected chi connectivity index (χ2v) is 8.11. The number of hydrogen-bond acceptors (Lipinski definition) is 5. The molecule has 0 aliphatic rings. The van der Waals surface area contributed by atoms with Gasteiger partial charge in [-0.3, -0.25) is 14.3 Å². The molecular formula is C20H25N3O5S. The fourth-order valence-electron chi connectivity index (χ4n) is 2.73. The molecule has 0 saturated carbocycles. The van der Waals surface area contributed by atoms with E-state index in [1.807, 2.05) is 6.92 Å². The van der Waals surface area contributed by atoms with Gasteiger partial charge in [-0.25, -0.2) is 8.42 Å². The largest absolute Gasteiger partial charge is 0.493 e. The van der Waals surface area contributed by atoms with Gasteiger partial charge in [0.25, 0.3) is 5.91 Å². The number of benzene rings is 2. The lowest BCUT2D eigenvalue weighted by Gasteiger charge is -2.18. The average molecular weight is 420 g/mol. The predicted molar refractivity (Wildman–Crippen MR) is 111 cm³/mol. The molecule has 0 saturated heterocycles. The number of ether oxygens (including phenoxy) is 1. The number of sulfonamides is 1. The highest BCUT2D eigenvalue weighted by Crippen LogP contribution is 2.23. The minimum Gasteiger partial charge on any atom is -0.493 e. The Morgan fingerprint density at radius 3 is 2.41 bits per heavy atom. The number of carbonyl (C=O) groups is 2. The van der Waals surface area contributed by atoms with Gasteiger partial charge in [-0.1, -0.05) is 30.3 Å². The number of para-hydroxylation sites is 2. The van der Waals surface area contributed by atoms with E-state index >= 15 is 0 Å². The second kappa shape index (κ2) is 9.92. The summed E-state index contributed by atoms with van der Waals surface area (Å²) in [6.07, 6.45) is 1.06. The van der Waals surface area contributed by atoms with E-state index in [9.17, 15) is 18.0 Å². The molecule has 2 amide bonds. The van der Waals surface area contributed by atoms with Crippen LogP contribution in [0.4, 0.5) is 5.69 Å². The molecule has 0 radical (unpaired) electrons. The van der Waals surface area contributed by atoms with Crippen molar-refractivity contribution in [3.05, 3.63) is 59.7 Å². The van der Waals surface area contributed by atoms with Crippen molar-refractivity contribution in [2.45, 2.75) is 19.9 Å². The Morgan fingerprint density at radius 1 is 1.07 bits per heavy atom. The highest BCUT2D eigenvalue weighted by molar-refractivity contribution is 7.92. The first-order valence-electron chi connectivity index (χ1n) is 9.07. The van der Waals surface area contributed by atoms with Gasteiger partial charge >= 0.3 is 0 Å². The Labute approximate surface area is 170 Å². The van der Waals surface area contributed by atoms with Crippen molar-refractivity contribution in [1.29, 1.82) is 0 Å². The molecular weight excluding hydrogens is 394 g/mol. The fraction of sp³-hybridized carbons (Fsp3) is 0.300. The molecule has 2 aromatic carbocycles. The Hall–Kier alpha value is -3.07. The summed E-state index contributed by atoms with van der Waals surface area (Å²) in [5.41, 5.74) is 1.34. The molecule has 1 atom stereocenters. The highest BCUT2D eigenvalue weighted by atomic mass is 32.2. The Bertz CT molecular complexity index is 976. The quantitative estimate of drug-likeness (QED) is 0.576. The smallest absolute Gasteiger partial charge is 0.255 e. The molecule has 3 N–H and O–H groups in total. The minimum atomic E-state index is -3.45. The van der Waals surface area contributed by atoms with E-state index in [4.69, 9.17) is 4.74 Å². The average Bonchev–Trinajstić information content (AvgIpc) is 2.66. The van der Waals surface area contributed by atoms with Gasteiger partial charge in [0.2, 0.25) is 15.9 Å². The zero-order valence-electron chi connectivity index (χ0n) is 16.6. The first kappa shape index (κ1) is 22.2. The molecule has 0 fully saturated rings. The van der Waals surface area contributed by atoms with Crippen molar-refractivity contribution in [2.24, 2.45) is 0 Å². The highest BCUT2D eigenvalue weighted by Gasteiger charge is 2.17. The van der Waals surface area contributed by atoms with E-state index in [1.54, 1.807) is 55.5 Å². The summed E-state index contributed by atoms with van der Waals surface area (Å²) in [7, 11) is -3.45. The van der Waals surface area contributed by atoms with E-state index in [2.05, 4.69) is 15.4 Å². The van der Waals surface area contributed by atoms with E-state index in [0.29, 0.717) is 29.2 Å². The SMILES string of the molecule is CCOc1ccccc1C(=O)NCC(=O)N[C@H](C)c1ccccc1NS(C)(=O)=O. The normalized spacial score (nSPS) is 12.0. The molecule has 0 aliphatic carbocycles. The standard InChI is InChI=1S/C20H25N3O5S/c1-4-28-18-12-8-6-10-16(18)20(25)21-13-19(24)22-14(2)15-9-5-7-11-17(15)23-29(3,26)27/h5-12,14,23H,4,13H2,1-3H3,(H,21,25)(H,22,24)/t14-/m1/s1. The van der Waals surface area contributed by atoms with Gasteiger partial charge in [0.1, 0.15) is 5.75 Å². The number of rotatable bonds is 9. The molecule has 0 unspecified atom stereocenters. The van der Waals surface area contributed by atoms with Gasteiger partial charge in [-0.15, -0.1) is 0 Å². The summed E-state index contributed by atoms with van der Waals surface area (Å²) in [5.74, 6) is -0.382. The molecule has 156 valence electrons. The lowest BCUT2D eigenvalue weighted by molar-refractivity contribution is -0.120. The predicted octanol–water partition coefficient (Wildman–Crippen LogP) is 2.06. The monoisotopic (exact) mass is 419 g/mol.